The molecule has 0 spiro atoms. The molecular formula is C26H23N3O2. The van der Waals surface area contributed by atoms with Crippen LogP contribution >= 0.6 is 0 Å². The summed E-state index contributed by atoms with van der Waals surface area (Å²) in [5, 5.41) is 2.92. The van der Waals surface area contributed by atoms with E-state index in [0.717, 1.165) is 22.4 Å². The van der Waals surface area contributed by atoms with Gasteiger partial charge in [0, 0.05) is 29.2 Å². The minimum absolute atomic E-state index is 0.173. The molecule has 0 aliphatic carbocycles. The summed E-state index contributed by atoms with van der Waals surface area (Å²) >= 11 is 0. The summed E-state index contributed by atoms with van der Waals surface area (Å²) < 4.78 is 5.72. The number of aromatic nitrogens is 2. The maximum absolute atomic E-state index is 12.5. The largest absolute Gasteiger partial charge is 0.424 e. The van der Waals surface area contributed by atoms with Gasteiger partial charge in [-0.25, -0.2) is 9.97 Å². The van der Waals surface area contributed by atoms with Gasteiger partial charge in [0.2, 0.25) is 0 Å². The van der Waals surface area contributed by atoms with Crippen LogP contribution in [0.3, 0.4) is 0 Å². The second kappa shape index (κ2) is 8.79. The zero-order valence-electron chi connectivity index (χ0n) is 17.7. The second-order valence-corrected chi connectivity index (χ2v) is 7.50. The number of hydrogen-bond acceptors (Lipinski definition) is 4. The predicted molar refractivity (Wildman–Crippen MR) is 123 cm³/mol. The molecule has 0 bridgehead atoms. The maximum atomic E-state index is 12.5. The van der Waals surface area contributed by atoms with Gasteiger partial charge in [-0.1, -0.05) is 35.9 Å². The van der Waals surface area contributed by atoms with Gasteiger partial charge in [0.25, 0.3) is 5.91 Å². The summed E-state index contributed by atoms with van der Waals surface area (Å²) in [4.78, 5) is 21.1. The monoisotopic (exact) mass is 409 g/mol. The number of carbonyl (C=O) groups excluding carboxylic acids is 1. The second-order valence-electron chi connectivity index (χ2n) is 7.50. The summed E-state index contributed by atoms with van der Waals surface area (Å²) in [5.41, 5.74) is 6.82. The molecule has 5 nitrogen and oxygen atoms in total. The van der Waals surface area contributed by atoms with E-state index in [4.69, 9.17) is 4.74 Å². The molecule has 1 aromatic heterocycles. The summed E-state index contributed by atoms with van der Waals surface area (Å²) in [6.45, 7) is 6.11. The Balaban J connectivity index is 1.40. The van der Waals surface area contributed by atoms with Crippen molar-refractivity contribution in [3.63, 3.8) is 0 Å². The Morgan fingerprint density at radius 1 is 0.774 bits per heavy atom. The van der Waals surface area contributed by atoms with Gasteiger partial charge in [-0.05, 0) is 73.9 Å². The number of nitrogens with zero attached hydrogens (tertiary/aromatic N) is 2. The van der Waals surface area contributed by atoms with E-state index in [9.17, 15) is 4.79 Å². The van der Waals surface area contributed by atoms with Gasteiger partial charge in [0.15, 0.2) is 0 Å². The van der Waals surface area contributed by atoms with Crippen molar-refractivity contribution in [2.75, 3.05) is 5.32 Å². The van der Waals surface area contributed by atoms with Crippen molar-refractivity contribution < 1.29 is 9.53 Å². The third kappa shape index (κ3) is 4.95. The van der Waals surface area contributed by atoms with E-state index >= 15 is 0 Å². The number of carbonyl (C=O) groups is 1. The van der Waals surface area contributed by atoms with Gasteiger partial charge >= 0.3 is 6.01 Å². The molecule has 0 radical (unpaired) electrons. The van der Waals surface area contributed by atoms with E-state index in [1.165, 1.54) is 11.1 Å². The molecule has 1 amide bonds. The number of rotatable bonds is 5. The number of amides is 1. The van der Waals surface area contributed by atoms with E-state index < -0.39 is 0 Å². The van der Waals surface area contributed by atoms with Crippen molar-refractivity contribution in [1.82, 2.24) is 9.97 Å². The van der Waals surface area contributed by atoms with E-state index in [1.54, 1.807) is 36.7 Å². The number of hydrogen-bond donors (Lipinski definition) is 1. The zero-order chi connectivity index (χ0) is 21.8. The standard InChI is InChI=1S/C26H23N3O2/c1-17-4-7-20(8-5-17)22-15-27-26(28-16-22)31-24-12-9-21(10-13-24)25(30)29-23-11-6-18(2)19(3)14-23/h4-16H,1-3H3,(H,29,30). The molecular weight excluding hydrogens is 386 g/mol. The lowest BCUT2D eigenvalue weighted by Crippen LogP contribution is -2.11. The number of aryl methyl sites for hydroxylation is 3. The zero-order valence-corrected chi connectivity index (χ0v) is 17.7. The molecule has 154 valence electrons. The summed E-state index contributed by atoms with van der Waals surface area (Å²) in [5.74, 6) is 0.388. The highest BCUT2D eigenvalue weighted by molar-refractivity contribution is 6.04. The Hall–Kier alpha value is -3.99. The fourth-order valence-corrected chi connectivity index (χ4v) is 3.07. The van der Waals surface area contributed by atoms with Gasteiger partial charge in [-0.3, -0.25) is 4.79 Å². The molecule has 0 atom stereocenters. The fourth-order valence-electron chi connectivity index (χ4n) is 3.07. The fraction of sp³-hybridized carbons (Fsp3) is 0.115. The molecule has 5 heteroatoms. The van der Waals surface area contributed by atoms with Crippen LogP contribution in [0.15, 0.2) is 79.1 Å². The highest BCUT2D eigenvalue weighted by atomic mass is 16.5. The Morgan fingerprint density at radius 3 is 2.10 bits per heavy atom. The molecule has 0 aliphatic heterocycles. The average molecular weight is 409 g/mol. The van der Waals surface area contributed by atoms with Gasteiger partial charge in [-0.15, -0.1) is 0 Å². The van der Waals surface area contributed by atoms with Crippen LogP contribution in [0.5, 0.6) is 11.8 Å². The van der Waals surface area contributed by atoms with E-state index in [2.05, 4.69) is 34.3 Å². The van der Waals surface area contributed by atoms with Crippen molar-refractivity contribution in [1.29, 1.82) is 0 Å². The molecule has 4 rings (SSSR count). The number of anilines is 1. The highest BCUT2D eigenvalue weighted by Gasteiger charge is 2.08. The van der Waals surface area contributed by atoms with Gasteiger partial charge in [0.1, 0.15) is 5.75 Å². The van der Waals surface area contributed by atoms with Gasteiger partial charge in [0.05, 0.1) is 0 Å². The van der Waals surface area contributed by atoms with Crippen molar-refractivity contribution in [2.45, 2.75) is 20.8 Å². The molecule has 0 saturated carbocycles. The molecule has 1 N–H and O–H groups in total. The minimum atomic E-state index is -0.173. The molecule has 0 aliphatic rings. The average Bonchev–Trinajstić information content (AvgIpc) is 2.78. The Labute approximate surface area is 181 Å². The van der Waals surface area contributed by atoms with Crippen molar-refractivity contribution in [2.24, 2.45) is 0 Å². The first kappa shape index (κ1) is 20.3. The predicted octanol–water partition coefficient (Wildman–Crippen LogP) is 6.11. The first-order chi connectivity index (χ1) is 15.0. The van der Waals surface area contributed by atoms with Crippen molar-refractivity contribution >= 4 is 11.6 Å². The summed E-state index contributed by atoms with van der Waals surface area (Å²) in [7, 11) is 0. The van der Waals surface area contributed by atoms with E-state index in [-0.39, 0.29) is 11.9 Å². The van der Waals surface area contributed by atoms with Crippen LogP contribution in [-0.2, 0) is 0 Å². The quantitative estimate of drug-likeness (QED) is 0.432. The van der Waals surface area contributed by atoms with Crippen LogP contribution in [0.1, 0.15) is 27.0 Å². The van der Waals surface area contributed by atoms with Crippen LogP contribution in [0, 0.1) is 20.8 Å². The molecule has 3 aromatic carbocycles. The van der Waals surface area contributed by atoms with Crippen LogP contribution < -0.4 is 10.1 Å². The molecule has 1 heterocycles. The molecule has 0 saturated heterocycles. The molecule has 0 unspecified atom stereocenters. The third-order valence-electron chi connectivity index (χ3n) is 5.10. The van der Waals surface area contributed by atoms with Gasteiger partial charge in [-0.2, -0.15) is 0 Å². The first-order valence-electron chi connectivity index (χ1n) is 10.0. The van der Waals surface area contributed by atoms with Crippen LogP contribution in [0.4, 0.5) is 5.69 Å². The maximum Gasteiger partial charge on any atom is 0.321 e. The van der Waals surface area contributed by atoms with Crippen LogP contribution in [-0.4, -0.2) is 15.9 Å². The van der Waals surface area contributed by atoms with Gasteiger partial charge < -0.3 is 10.1 Å². The molecule has 0 fully saturated rings. The lowest BCUT2D eigenvalue weighted by molar-refractivity contribution is 0.102. The number of benzene rings is 3. The topological polar surface area (TPSA) is 64.1 Å². The minimum Gasteiger partial charge on any atom is -0.424 e. The third-order valence-corrected chi connectivity index (χ3v) is 5.10. The lowest BCUT2D eigenvalue weighted by Gasteiger charge is -2.09. The Kier molecular flexibility index (Phi) is 5.76. The smallest absolute Gasteiger partial charge is 0.321 e. The van der Waals surface area contributed by atoms with Crippen LogP contribution in [0.25, 0.3) is 11.1 Å². The lowest BCUT2D eigenvalue weighted by atomic mass is 10.1. The van der Waals surface area contributed by atoms with Crippen molar-refractivity contribution in [3.8, 4) is 22.9 Å². The molecule has 31 heavy (non-hydrogen) atoms. The summed E-state index contributed by atoms with van der Waals surface area (Å²) in [6.07, 6.45) is 3.47. The summed E-state index contributed by atoms with van der Waals surface area (Å²) in [6, 6.07) is 21.2. The van der Waals surface area contributed by atoms with E-state index in [1.807, 2.05) is 44.2 Å². The molecule has 4 aromatic rings. The Morgan fingerprint density at radius 2 is 1.45 bits per heavy atom. The van der Waals surface area contributed by atoms with E-state index in [0.29, 0.717) is 11.3 Å². The first-order valence-corrected chi connectivity index (χ1v) is 10.0. The Bertz CT molecular complexity index is 1200. The normalized spacial score (nSPS) is 10.5. The van der Waals surface area contributed by atoms with Crippen molar-refractivity contribution in [3.05, 3.63) is 101 Å². The van der Waals surface area contributed by atoms with Crippen LogP contribution in [0.2, 0.25) is 0 Å². The number of ether oxygens (including phenoxy) is 1. The number of nitrogens with one attached hydrogen (secondary N) is 1. The SMILES string of the molecule is Cc1ccc(-c2cnc(Oc3ccc(C(=O)Nc4ccc(C)c(C)c4)cc3)nc2)cc1. The highest BCUT2D eigenvalue weighted by Crippen LogP contribution is 2.22.